The first-order chi connectivity index (χ1) is 13.9. The molecule has 1 aliphatic rings. The van der Waals surface area contributed by atoms with Crippen LogP contribution in [0, 0.1) is 5.92 Å². The Hall–Kier alpha value is -3.01. The fourth-order valence-electron chi connectivity index (χ4n) is 4.03. The van der Waals surface area contributed by atoms with Crippen LogP contribution in [0.25, 0.3) is 0 Å². The number of carbonyl (C=O) groups excluding carboxylic acids is 1. The molecule has 152 valence electrons. The number of phenolic OH excluding ortho intramolecular Hbond substituents is 1. The smallest absolute Gasteiger partial charge is 0.200 e. The van der Waals surface area contributed by atoms with Gasteiger partial charge in [-0.05, 0) is 33.1 Å². The lowest BCUT2D eigenvalue weighted by Crippen LogP contribution is -2.42. The van der Waals surface area contributed by atoms with Gasteiger partial charge in [0.2, 0.25) is 5.78 Å². The Labute approximate surface area is 172 Å². The maximum absolute atomic E-state index is 13.4. The predicted octanol–water partition coefficient (Wildman–Crippen LogP) is 5.27. The van der Waals surface area contributed by atoms with E-state index in [9.17, 15) is 9.90 Å². The van der Waals surface area contributed by atoms with Gasteiger partial charge in [-0.25, -0.2) is 0 Å². The summed E-state index contributed by atoms with van der Waals surface area (Å²) in [6, 6.07) is 8.93. The van der Waals surface area contributed by atoms with Gasteiger partial charge in [-0.3, -0.25) is 4.79 Å². The van der Waals surface area contributed by atoms with Crippen molar-refractivity contribution < 1.29 is 19.4 Å². The van der Waals surface area contributed by atoms with Crippen LogP contribution in [0.3, 0.4) is 0 Å². The summed E-state index contributed by atoms with van der Waals surface area (Å²) in [6.07, 6.45) is 5.39. The Morgan fingerprint density at radius 3 is 2.55 bits per heavy atom. The summed E-state index contributed by atoms with van der Waals surface area (Å²) in [6.45, 7) is 11.7. The van der Waals surface area contributed by atoms with Gasteiger partial charge >= 0.3 is 0 Å². The van der Waals surface area contributed by atoms with Crippen molar-refractivity contribution >= 4 is 5.78 Å². The van der Waals surface area contributed by atoms with Crippen molar-refractivity contribution in [3.05, 3.63) is 77.9 Å². The fourth-order valence-corrected chi connectivity index (χ4v) is 4.03. The number of benzene rings is 2. The largest absolute Gasteiger partial charge is 0.507 e. The van der Waals surface area contributed by atoms with Crippen LogP contribution in [-0.4, -0.2) is 23.6 Å². The maximum Gasteiger partial charge on any atom is 0.200 e. The number of ether oxygens (including phenoxy) is 2. The number of allylic oxidation sites excluding steroid dienone is 2. The minimum absolute atomic E-state index is 0.104. The van der Waals surface area contributed by atoms with Crippen molar-refractivity contribution in [1.82, 2.24) is 0 Å². The molecule has 0 aromatic heterocycles. The van der Waals surface area contributed by atoms with E-state index in [-0.39, 0.29) is 23.0 Å². The lowest BCUT2D eigenvalue weighted by atomic mass is 9.78. The predicted molar refractivity (Wildman–Crippen MR) is 115 cm³/mol. The number of carbonyl (C=O) groups is 1. The normalized spacial score (nSPS) is 17.0. The molecule has 0 spiro atoms. The molecule has 2 aromatic carbocycles. The Morgan fingerprint density at radius 1 is 1.28 bits per heavy atom. The van der Waals surface area contributed by atoms with Crippen molar-refractivity contribution in [2.75, 3.05) is 7.11 Å². The molecule has 0 saturated carbocycles. The molecule has 29 heavy (non-hydrogen) atoms. The Kier molecular flexibility index (Phi) is 5.83. The minimum atomic E-state index is -0.523. The lowest BCUT2D eigenvalue weighted by molar-refractivity contribution is 0.0261. The third kappa shape index (κ3) is 3.67. The van der Waals surface area contributed by atoms with Gasteiger partial charge in [-0.2, -0.15) is 0 Å². The molecule has 1 N–H and O–H groups in total. The zero-order valence-electron chi connectivity index (χ0n) is 17.3. The Morgan fingerprint density at radius 2 is 1.97 bits per heavy atom. The van der Waals surface area contributed by atoms with Crippen LogP contribution in [0.1, 0.15) is 47.3 Å². The SMILES string of the molecule is C=CCc1c(O)c(C(=O)c2ccccc2)c2c(c1OC)CC(CC=C)C(C)(C)O2. The molecule has 1 heterocycles. The van der Waals surface area contributed by atoms with Gasteiger partial charge in [0.25, 0.3) is 0 Å². The summed E-state index contributed by atoms with van der Waals surface area (Å²) in [7, 11) is 1.57. The molecule has 4 nitrogen and oxygen atoms in total. The quantitative estimate of drug-likeness (QED) is 0.515. The number of ketones is 1. The highest BCUT2D eigenvalue weighted by Gasteiger charge is 2.41. The summed E-state index contributed by atoms with van der Waals surface area (Å²) in [4.78, 5) is 13.4. The first kappa shape index (κ1) is 20.7. The number of methoxy groups -OCH3 is 1. The topological polar surface area (TPSA) is 55.8 Å². The van der Waals surface area contributed by atoms with Gasteiger partial charge in [0.1, 0.15) is 28.4 Å². The molecular weight excluding hydrogens is 364 g/mol. The Bertz CT molecular complexity index is 941. The van der Waals surface area contributed by atoms with Gasteiger partial charge in [0.05, 0.1) is 7.11 Å². The van der Waals surface area contributed by atoms with E-state index in [4.69, 9.17) is 9.47 Å². The van der Waals surface area contributed by atoms with E-state index < -0.39 is 5.60 Å². The summed E-state index contributed by atoms with van der Waals surface area (Å²) in [5, 5.41) is 11.1. The standard InChI is InChI=1S/C25H28O4/c1-6-11-17-15-19-23(28-5)18(12-7-2)22(27)20(24(19)29-25(17,3)4)21(26)16-13-9-8-10-14-16/h6-10,13-14,17,27H,1-2,11-12,15H2,3-5H3. The van der Waals surface area contributed by atoms with Gasteiger partial charge in [0.15, 0.2) is 0 Å². The first-order valence-corrected chi connectivity index (χ1v) is 9.80. The number of hydrogen-bond acceptors (Lipinski definition) is 4. The van der Waals surface area contributed by atoms with E-state index in [0.29, 0.717) is 35.5 Å². The first-order valence-electron chi connectivity index (χ1n) is 9.80. The highest BCUT2D eigenvalue weighted by Crippen LogP contribution is 2.50. The molecule has 0 saturated heterocycles. The molecule has 0 amide bonds. The summed E-state index contributed by atoms with van der Waals surface area (Å²) >= 11 is 0. The van der Waals surface area contributed by atoms with Crippen LogP contribution in [0.4, 0.5) is 0 Å². The van der Waals surface area contributed by atoms with E-state index in [2.05, 4.69) is 13.2 Å². The molecule has 4 heteroatoms. The fraction of sp³-hybridized carbons (Fsp3) is 0.320. The molecule has 1 unspecified atom stereocenters. The molecule has 1 atom stereocenters. The van der Waals surface area contributed by atoms with Gasteiger partial charge in [0, 0.05) is 22.6 Å². The minimum Gasteiger partial charge on any atom is -0.507 e. The molecule has 3 rings (SSSR count). The second kappa shape index (κ2) is 8.16. The third-order valence-electron chi connectivity index (χ3n) is 5.64. The summed E-state index contributed by atoms with van der Waals surface area (Å²) in [5.41, 5.74) is 1.53. The van der Waals surface area contributed by atoms with Gasteiger partial charge in [-0.15, -0.1) is 13.2 Å². The van der Waals surface area contributed by atoms with Crippen molar-refractivity contribution in [3.63, 3.8) is 0 Å². The highest BCUT2D eigenvalue weighted by atomic mass is 16.5. The van der Waals surface area contributed by atoms with Crippen LogP contribution >= 0.6 is 0 Å². The molecule has 0 bridgehead atoms. The molecule has 0 radical (unpaired) electrons. The van der Waals surface area contributed by atoms with E-state index in [1.54, 1.807) is 37.5 Å². The lowest BCUT2D eigenvalue weighted by Gasteiger charge is -2.41. The zero-order valence-corrected chi connectivity index (χ0v) is 17.3. The van der Waals surface area contributed by atoms with Crippen molar-refractivity contribution in [2.45, 2.75) is 38.7 Å². The van der Waals surface area contributed by atoms with Crippen molar-refractivity contribution in [2.24, 2.45) is 5.92 Å². The van der Waals surface area contributed by atoms with E-state index in [1.807, 2.05) is 26.0 Å². The molecule has 2 aromatic rings. The second-order valence-electron chi connectivity index (χ2n) is 7.86. The van der Waals surface area contributed by atoms with Crippen molar-refractivity contribution in [1.29, 1.82) is 0 Å². The molecule has 0 aliphatic carbocycles. The monoisotopic (exact) mass is 392 g/mol. The van der Waals surface area contributed by atoms with Crippen LogP contribution in [0.15, 0.2) is 55.6 Å². The maximum atomic E-state index is 13.4. The van der Waals surface area contributed by atoms with Crippen LogP contribution in [0.5, 0.6) is 17.2 Å². The number of hydrogen-bond donors (Lipinski definition) is 1. The number of rotatable bonds is 7. The second-order valence-corrected chi connectivity index (χ2v) is 7.86. The third-order valence-corrected chi connectivity index (χ3v) is 5.64. The zero-order chi connectivity index (χ0) is 21.2. The summed E-state index contributed by atoms with van der Waals surface area (Å²) < 4.78 is 12.1. The van der Waals surface area contributed by atoms with E-state index in [1.165, 1.54) is 0 Å². The number of fused-ring (bicyclic) bond motifs is 1. The highest BCUT2D eigenvalue weighted by molar-refractivity contribution is 6.13. The molecule has 1 aliphatic heterocycles. The molecule has 0 fully saturated rings. The molecular formula is C25H28O4. The average molecular weight is 392 g/mol. The Balaban J connectivity index is 2.30. The summed E-state index contributed by atoms with van der Waals surface area (Å²) in [5.74, 6) is 0.762. The number of aromatic hydroxyl groups is 1. The van der Waals surface area contributed by atoms with Crippen LogP contribution in [-0.2, 0) is 12.8 Å². The van der Waals surface area contributed by atoms with E-state index >= 15 is 0 Å². The van der Waals surface area contributed by atoms with Crippen LogP contribution < -0.4 is 9.47 Å². The van der Waals surface area contributed by atoms with E-state index in [0.717, 1.165) is 12.0 Å². The van der Waals surface area contributed by atoms with Crippen molar-refractivity contribution in [3.8, 4) is 17.2 Å². The average Bonchev–Trinajstić information content (AvgIpc) is 2.70. The number of phenols is 1. The van der Waals surface area contributed by atoms with Gasteiger partial charge in [-0.1, -0.05) is 42.5 Å². The van der Waals surface area contributed by atoms with Crippen LogP contribution in [0.2, 0.25) is 0 Å². The van der Waals surface area contributed by atoms with Gasteiger partial charge < -0.3 is 14.6 Å².